The topological polar surface area (TPSA) is 4.93 Å². The van der Waals surface area contributed by atoms with Gasteiger partial charge in [-0.3, -0.25) is 0 Å². The van der Waals surface area contributed by atoms with Gasteiger partial charge in [0.1, 0.15) is 0 Å². The Morgan fingerprint density at radius 3 is 1.51 bits per heavy atom. The molecule has 1 spiro atoms. The molecule has 0 bridgehead atoms. The molecule has 0 aliphatic heterocycles. The average Bonchev–Trinajstić information content (AvgIpc) is 4.03. The first-order valence-corrected chi connectivity index (χ1v) is 24.2. The van der Waals surface area contributed by atoms with Gasteiger partial charge in [0, 0.05) is 22.0 Å². The number of hydrogen-bond donors (Lipinski definition) is 0. The molecule has 69 heavy (non-hydrogen) atoms. The summed E-state index contributed by atoms with van der Waals surface area (Å²) in [6.07, 6.45) is 0. The minimum absolute atomic E-state index is 0.359. The van der Waals surface area contributed by atoms with Crippen molar-refractivity contribution in [3.05, 3.63) is 270 Å². The van der Waals surface area contributed by atoms with E-state index in [9.17, 15) is 0 Å². The second-order valence-electron chi connectivity index (χ2n) is 19.2. The summed E-state index contributed by atoms with van der Waals surface area (Å²) in [5, 5.41) is 10.1. The Balaban J connectivity index is 0.870. The van der Waals surface area contributed by atoms with Crippen molar-refractivity contribution in [2.75, 3.05) is 0 Å². The van der Waals surface area contributed by atoms with Crippen molar-refractivity contribution in [3.63, 3.8) is 0 Å². The van der Waals surface area contributed by atoms with Crippen LogP contribution in [0, 0.1) is 6.92 Å². The fourth-order valence-corrected chi connectivity index (χ4v) is 12.8. The van der Waals surface area contributed by atoms with Gasteiger partial charge in [-0.2, -0.15) is 0 Å². The molecule has 0 amide bonds. The van der Waals surface area contributed by atoms with E-state index in [0.29, 0.717) is 0 Å². The van der Waals surface area contributed by atoms with Gasteiger partial charge in [0.2, 0.25) is 0 Å². The van der Waals surface area contributed by atoms with Crippen LogP contribution in [0.1, 0.15) is 27.8 Å². The molecule has 2 aliphatic carbocycles. The summed E-state index contributed by atoms with van der Waals surface area (Å²) >= 11 is 0. The van der Waals surface area contributed by atoms with E-state index in [1.54, 1.807) is 0 Å². The third-order valence-corrected chi connectivity index (χ3v) is 15.7. The summed E-state index contributed by atoms with van der Waals surface area (Å²) < 4.78 is 2.46. The molecule has 15 rings (SSSR count). The number of aryl methyl sites for hydroxylation is 1. The van der Waals surface area contributed by atoms with Gasteiger partial charge in [-0.25, -0.2) is 0 Å². The van der Waals surface area contributed by atoms with Crippen LogP contribution >= 0.6 is 0 Å². The molecule has 1 aromatic heterocycles. The molecule has 12 aromatic carbocycles. The number of hydrogen-bond acceptors (Lipinski definition) is 0. The van der Waals surface area contributed by atoms with Crippen molar-refractivity contribution in [3.8, 4) is 61.3 Å². The minimum Gasteiger partial charge on any atom is -0.309 e. The second-order valence-corrected chi connectivity index (χ2v) is 19.2. The maximum atomic E-state index is 2.46. The highest BCUT2D eigenvalue weighted by Crippen LogP contribution is 2.64. The average molecular weight is 874 g/mol. The van der Waals surface area contributed by atoms with Gasteiger partial charge in [0.25, 0.3) is 0 Å². The lowest BCUT2D eigenvalue weighted by molar-refractivity contribution is 0.794. The van der Waals surface area contributed by atoms with E-state index in [4.69, 9.17) is 0 Å². The Labute approximate surface area is 400 Å². The maximum Gasteiger partial charge on any atom is 0.0725 e. The summed E-state index contributed by atoms with van der Waals surface area (Å²) in [6, 6.07) is 91.1. The third kappa shape index (κ3) is 5.25. The molecule has 1 heteroatoms. The summed E-state index contributed by atoms with van der Waals surface area (Å²) in [4.78, 5) is 0. The first-order chi connectivity index (χ1) is 34.1. The zero-order chi connectivity index (χ0) is 45.4. The number of para-hydroxylation sites is 2. The van der Waals surface area contributed by atoms with Crippen LogP contribution in [0.25, 0.3) is 115 Å². The molecule has 2 aliphatic rings. The molecule has 13 aromatic rings. The zero-order valence-electron chi connectivity index (χ0n) is 38.0. The first kappa shape index (κ1) is 38.3. The van der Waals surface area contributed by atoms with Crippen LogP contribution in [0.5, 0.6) is 0 Å². The quantitative estimate of drug-likeness (QED) is 0.155. The van der Waals surface area contributed by atoms with Crippen LogP contribution in [0.2, 0.25) is 0 Å². The van der Waals surface area contributed by atoms with Gasteiger partial charge in [-0.1, -0.05) is 212 Å². The zero-order valence-corrected chi connectivity index (χ0v) is 38.0. The highest BCUT2D eigenvalue weighted by atomic mass is 15.0. The standard InChI is InChI=1S/C68H43N/c1-42-15-12-16-47(39-42)69-65-30-11-7-21-56(65)57-25-13-24-49(67(57)69)46-36-38-52-50-17-2-3-18-51(50)59-40-45(35-37-53(59)60(52)41-46)43-31-33-44(34-32-43)48-23-14-29-64-66(48)58-22-6-10-28-63(58)68(64)61-26-8-4-19-54(61)55-20-5-9-27-62(55)68/h2-41H,1H3. The molecule has 320 valence electrons. The van der Waals surface area contributed by atoms with Crippen LogP contribution in [0.4, 0.5) is 0 Å². The van der Waals surface area contributed by atoms with Crippen LogP contribution in [-0.2, 0) is 5.41 Å². The van der Waals surface area contributed by atoms with E-state index in [-0.39, 0.29) is 5.41 Å². The molecule has 1 nitrogen and oxygen atoms in total. The summed E-state index contributed by atoms with van der Waals surface area (Å²) in [6.45, 7) is 2.18. The molecule has 0 unspecified atom stereocenters. The molecule has 0 saturated heterocycles. The van der Waals surface area contributed by atoms with Gasteiger partial charge in [0.15, 0.2) is 0 Å². The van der Waals surface area contributed by atoms with Gasteiger partial charge >= 0.3 is 0 Å². The van der Waals surface area contributed by atoms with Crippen LogP contribution in [0.3, 0.4) is 0 Å². The van der Waals surface area contributed by atoms with Gasteiger partial charge in [-0.05, 0) is 147 Å². The number of nitrogens with zero attached hydrogens (tertiary/aromatic N) is 1. The summed E-state index contributed by atoms with van der Waals surface area (Å²) in [7, 11) is 0. The molecule has 0 atom stereocenters. The number of aromatic nitrogens is 1. The van der Waals surface area contributed by atoms with Crippen molar-refractivity contribution < 1.29 is 0 Å². The van der Waals surface area contributed by atoms with E-state index in [0.717, 1.165) is 0 Å². The van der Waals surface area contributed by atoms with Gasteiger partial charge < -0.3 is 4.57 Å². The Bertz CT molecular complexity index is 4270. The molecular formula is C68H43N. The van der Waals surface area contributed by atoms with E-state index < -0.39 is 0 Å². The molecular weight excluding hydrogens is 831 g/mol. The lowest BCUT2D eigenvalue weighted by Crippen LogP contribution is -2.25. The Hall–Kier alpha value is -8.78. The van der Waals surface area contributed by atoms with Gasteiger partial charge in [-0.15, -0.1) is 0 Å². The van der Waals surface area contributed by atoms with Crippen molar-refractivity contribution in [2.24, 2.45) is 0 Å². The molecule has 1 heterocycles. The highest BCUT2D eigenvalue weighted by molar-refractivity contribution is 6.26. The molecule has 0 radical (unpaired) electrons. The Morgan fingerprint density at radius 1 is 0.290 bits per heavy atom. The summed E-state index contributed by atoms with van der Waals surface area (Å²) in [5.41, 5.74) is 22.7. The summed E-state index contributed by atoms with van der Waals surface area (Å²) in [5.74, 6) is 0. The highest BCUT2D eigenvalue weighted by Gasteiger charge is 2.52. The third-order valence-electron chi connectivity index (χ3n) is 15.7. The predicted octanol–water partition coefficient (Wildman–Crippen LogP) is 17.9. The SMILES string of the molecule is Cc1cccc(-n2c3ccccc3c3cccc(-c4ccc5c6ccccc6c6cc(-c7ccc(-c8cccc9c8-c8ccccc8C98c9ccccc9-c9ccccc98)cc7)ccc6c5c4)c32)c1. The number of fused-ring (bicyclic) bond motifs is 19. The smallest absolute Gasteiger partial charge is 0.0725 e. The number of rotatable bonds is 4. The van der Waals surface area contributed by atoms with Crippen LogP contribution in [-0.4, -0.2) is 4.57 Å². The van der Waals surface area contributed by atoms with E-state index in [1.165, 1.54) is 143 Å². The Morgan fingerprint density at radius 2 is 0.768 bits per heavy atom. The fourth-order valence-electron chi connectivity index (χ4n) is 12.8. The monoisotopic (exact) mass is 873 g/mol. The van der Waals surface area contributed by atoms with Crippen molar-refractivity contribution >= 4 is 54.1 Å². The molecule has 0 N–H and O–H groups in total. The molecule has 0 saturated carbocycles. The van der Waals surface area contributed by atoms with Crippen LogP contribution in [0.15, 0.2) is 243 Å². The molecule has 0 fully saturated rings. The van der Waals surface area contributed by atoms with Crippen LogP contribution < -0.4 is 0 Å². The van der Waals surface area contributed by atoms with Crippen molar-refractivity contribution in [1.29, 1.82) is 0 Å². The normalized spacial score (nSPS) is 13.1. The number of benzene rings is 12. The van der Waals surface area contributed by atoms with E-state index in [1.807, 2.05) is 0 Å². The predicted molar refractivity (Wildman–Crippen MR) is 291 cm³/mol. The van der Waals surface area contributed by atoms with E-state index in [2.05, 4.69) is 254 Å². The van der Waals surface area contributed by atoms with Gasteiger partial charge in [0.05, 0.1) is 16.4 Å². The first-order valence-electron chi connectivity index (χ1n) is 24.2. The fraction of sp³-hybridized carbons (Fsp3) is 0.0294. The Kier molecular flexibility index (Phi) is 7.98. The van der Waals surface area contributed by atoms with Crippen molar-refractivity contribution in [1.82, 2.24) is 4.57 Å². The lowest BCUT2D eigenvalue weighted by Gasteiger charge is -2.30. The second kappa shape index (κ2) is 14.4. The lowest BCUT2D eigenvalue weighted by atomic mass is 9.70. The maximum absolute atomic E-state index is 2.46. The van der Waals surface area contributed by atoms with E-state index >= 15 is 0 Å². The largest absolute Gasteiger partial charge is 0.309 e. The minimum atomic E-state index is -0.359. The van der Waals surface area contributed by atoms with Crippen molar-refractivity contribution in [2.45, 2.75) is 12.3 Å².